The molecule has 5 heteroatoms. The molecule has 1 aliphatic carbocycles. The SMILES string of the molecule is COc1cc(C)nc(N(CCCN)C2CCCCCC2)n1. The topological polar surface area (TPSA) is 64.3 Å². The van der Waals surface area contributed by atoms with Crippen molar-refractivity contribution < 1.29 is 4.74 Å². The zero-order valence-corrected chi connectivity index (χ0v) is 13.3. The fourth-order valence-electron chi connectivity index (χ4n) is 3.03. The van der Waals surface area contributed by atoms with Gasteiger partial charge in [-0.3, -0.25) is 0 Å². The van der Waals surface area contributed by atoms with Gasteiger partial charge in [0.15, 0.2) is 0 Å². The van der Waals surface area contributed by atoms with Crippen molar-refractivity contribution in [2.75, 3.05) is 25.1 Å². The number of nitrogens with two attached hydrogens (primary N) is 1. The highest BCUT2D eigenvalue weighted by molar-refractivity contribution is 5.35. The van der Waals surface area contributed by atoms with E-state index >= 15 is 0 Å². The predicted molar refractivity (Wildman–Crippen MR) is 85.8 cm³/mol. The predicted octanol–water partition coefficient (Wildman–Crippen LogP) is 2.67. The Labute approximate surface area is 127 Å². The van der Waals surface area contributed by atoms with E-state index in [2.05, 4.69) is 14.9 Å². The van der Waals surface area contributed by atoms with Gasteiger partial charge < -0.3 is 15.4 Å². The zero-order chi connectivity index (χ0) is 15.1. The van der Waals surface area contributed by atoms with Crippen LogP contribution in [-0.2, 0) is 0 Å². The van der Waals surface area contributed by atoms with Gasteiger partial charge in [0.1, 0.15) is 0 Å². The first kappa shape index (κ1) is 16.0. The number of aromatic nitrogens is 2. The van der Waals surface area contributed by atoms with Gasteiger partial charge in [0.25, 0.3) is 0 Å². The molecule has 21 heavy (non-hydrogen) atoms. The number of hydrogen-bond acceptors (Lipinski definition) is 5. The van der Waals surface area contributed by atoms with Gasteiger partial charge in [0, 0.05) is 24.3 Å². The zero-order valence-electron chi connectivity index (χ0n) is 13.3. The van der Waals surface area contributed by atoms with E-state index in [1.165, 1.54) is 38.5 Å². The van der Waals surface area contributed by atoms with E-state index in [4.69, 9.17) is 10.5 Å². The van der Waals surface area contributed by atoms with Crippen LogP contribution in [0.5, 0.6) is 5.88 Å². The monoisotopic (exact) mass is 292 g/mol. The van der Waals surface area contributed by atoms with Crippen molar-refractivity contribution in [3.8, 4) is 5.88 Å². The Morgan fingerprint density at radius 1 is 1.24 bits per heavy atom. The second kappa shape index (κ2) is 8.17. The van der Waals surface area contributed by atoms with Crippen LogP contribution in [0.3, 0.4) is 0 Å². The summed E-state index contributed by atoms with van der Waals surface area (Å²) in [5.74, 6) is 1.44. The first-order valence-corrected chi connectivity index (χ1v) is 8.11. The lowest BCUT2D eigenvalue weighted by Gasteiger charge is -2.31. The van der Waals surface area contributed by atoms with E-state index in [1.807, 2.05) is 13.0 Å². The Kier molecular flexibility index (Phi) is 6.23. The molecule has 0 spiro atoms. The lowest BCUT2D eigenvalue weighted by atomic mass is 10.1. The lowest BCUT2D eigenvalue weighted by Crippen LogP contribution is -2.38. The molecule has 0 amide bonds. The van der Waals surface area contributed by atoms with Crippen LogP contribution in [0.2, 0.25) is 0 Å². The minimum Gasteiger partial charge on any atom is -0.481 e. The Balaban J connectivity index is 2.23. The van der Waals surface area contributed by atoms with Crippen LogP contribution in [0.15, 0.2) is 6.07 Å². The van der Waals surface area contributed by atoms with E-state index < -0.39 is 0 Å². The molecule has 0 atom stereocenters. The summed E-state index contributed by atoms with van der Waals surface area (Å²) in [6, 6.07) is 2.41. The number of nitrogens with zero attached hydrogens (tertiary/aromatic N) is 3. The number of anilines is 1. The molecule has 2 N–H and O–H groups in total. The van der Waals surface area contributed by atoms with E-state index in [0.29, 0.717) is 18.5 Å². The minimum atomic E-state index is 0.533. The number of aryl methyl sites for hydroxylation is 1. The third-order valence-corrected chi connectivity index (χ3v) is 4.15. The fraction of sp³-hybridized carbons (Fsp3) is 0.750. The molecule has 1 heterocycles. The molecule has 0 radical (unpaired) electrons. The number of hydrogen-bond donors (Lipinski definition) is 1. The molecule has 0 aliphatic heterocycles. The number of methoxy groups -OCH3 is 1. The maximum absolute atomic E-state index is 5.71. The van der Waals surface area contributed by atoms with Crippen LogP contribution in [0.4, 0.5) is 5.95 Å². The van der Waals surface area contributed by atoms with Crippen molar-refractivity contribution in [3.05, 3.63) is 11.8 Å². The Morgan fingerprint density at radius 2 is 1.95 bits per heavy atom. The summed E-state index contributed by atoms with van der Waals surface area (Å²) in [7, 11) is 1.65. The van der Waals surface area contributed by atoms with Crippen molar-refractivity contribution in [1.29, 1.82) is 0 Å². The van der Waals surface area contributed by atoms with Gasteiger partial charge in [-0.1, -0.05) is 25.7 Å². The van der Waals surface area contributed by atoms with Crippen LogP contribution in [0.1, 0.15) is 50.6 Å². The molecule has 2 rings (SSSR count). The average molecular weight is 292 g/mol. The maximum atomic E-state index is 5.71. The van der Waals surface area contributed by atoms with Gasteiger partial charge in [-0.25, -0.2) is 4.98 Å². The summed E-state index contributed by atoms with van der Waals surface area (Å²) in [6.45, 7) is 3.61. The summed E-state index contributed by atoms with van der Waals surface area (Å²) in [4.78, 5) is 11.6. The highest BCUT2D eigenvalue weighted by Crippen LogP contribution is 2.26. The van der Waals surface area contributed by atoms with Gasteiger partial charge >= 0.3 is 0 Å². The third kappa shape index (κ3) is 4.56. The van der Waals surface area contributed by atoms with Crippen LogP contribution in [-0.4, -0.2) is 36.2 Å². The molecule has 0 unspecified atom stereocenters. The van der Waals surface area contributed by atoms with E-state index in [-0.39, 0.29) is 0 Å². The molecular formula is C16H28N4O. The lowest BCUT2D eigenvalue weighted by molar-refractivity contribution is 0.394. The van der Waals surface area contributed by atoms with Gasteiger partial charge in [-0.05, 0) is 32.7 Å². The molecular weight excluding hydrogens is 264 g/mol. The normalized spacial score (nSPS) is 16.5. The first-order valence-electron chi connectivity index (χ1n) is 8.11. The first-order chi connectivity index (χ1) is 10.2. The number of rotatable bonds is 6. The molecule has 5 nitrogen and oxygen atoms in total. The Morgan fingerprint density at radius 3 is 2.57 bits per heavy atom. The Bertz CT molecular complexity index is 430. The van der Waals surface area contributed by atoms with Crippen molar-refractivity contribution in [2.24, 2.45) is 5.73 Å². The molecule has 0 aromatic carbocycles. The molecule has 0 bridgehead atoms. The maximum Gasteiger partial charge on any atom is 0.229 e. The van der Waals surface area contributed by atoms with E-state index in [9.17, 15) is 0 Å². The van der Waals surface area contributed by atoms with E-state index in [0.717, 1.165) is 24.6 Å². The molecule has 1 fully saturated rings. The highest BCUT2D eigenvalue weighted by Gasteiger charge is 2.22. The molecule has 1 aliphatic rings. The molecule has 1 saturated carbocycles. The smallest absolute Gasteiger partial charge is 0.229 e. The van der Waals surface area contributed by atoms with Crippen LogP contribution in [0.25, 0.3) is 0 Å². The minimum absolute atomic E-state index is 0.533. The van der Waals surface area contributed by atoms with Gasteiger partial charge in [-0.2, -0.15) is 4.98 Å². The van der Waals surface area contributed by atoms with Gasteiger partial charge in [0.05, 0.1) is 7.11 Å². The Hall–Kier alpha value is -1.36. The van der Waals surface area contributed by atoms with Crippen molar-refractivity contribution in [1.82, 2.24) is 9.97 Å². The van der Waals surface area contributed by atoms with Gasteiger partial charge in [-0.15, -0.1) is 0 Å². The molecule has 0 saturated heterocycles. The largest absolute Gasteiger partial charge is 0.481 e. The number of ether oxygens (including phenoxy) is 1. The van der Waals surface area contributed by atoms with Gasteiger partial charge in [0.2, 0.25) is 11.8 Å². The van der Waals surface area contributed by atoms with Crippen molar-refractivity contribution in [3.63, 3.8) is 0 Å². The molecule has 1 aromatic heterocycles. The fourth-order valence-corrected chi connectivity index (χ4v) is 3.03. The summed E-state index contributed by atoms with van der Waals surface area (Å²) in [5.41, 5.74) is 6.66. The second-order valence-electron chi connectivity index (χ2n) is 5.83. The quantitative estimate of drug-likeness (QED) is 0.817. The summed E-state index contributed by atoms with van der Waals surface area (Å²) in [5, 5.41) is 0. The highest BCUT2D eigenvalue weighted by atomic mass is 16.5. The summed E-state index contributed by atoms with van der Waals surface area (Å²) in [6.07, 6.45) is 8.71. The molecule has 1 aromatic rings. The summed E-state index contributed by atoms with van der Waals surface area (Å²) >= 11 is 0. The third-order valence-electron chi connectivity index (χ3n) is 4.15. The standard InChI is InChI=1S/C16H28N4O/c1-13-12-15(21-2)19-16(18-13)20(11-7-10-17)14-8-5-3-4-6-9-14/h12,14H,3-11,17H2,1-2H3. The summed E-state index contributed by atoms with van der Waals surface area (Å²) < 4.78 is 5.30. The van der Waals surface area contributed by atoms with Crippen LogP contribution in [0, 0.1) is 6.92 Å². The van der Waals surface area contributed by atoms with E-state index in [1.54, 1.807) is 7.11 Å². The van der Waals surface area contributed by atoms with Crippen molar-refractivity contribution >= 4 is 5.95 Å². The molecule has 118 valence electrons. The second-order valence-corrected chi connectivity index (χ2v) is 5.83. The van der Waals surface area contributed by atoms with Crippen molar-refractivity contribution in [2.45, 2.75) is 57.9 Å². The van der Waals surface area contributed by atoms with Crippen LogP contribution >= 0.6 is 0 Å². The average Bonchev–Trinajstić information content (AvgIpc) is 2.76. The van der Waals surface area contributed by atoms with Crippen LogP contribution < -0.4 is 15.4 Å².